The molecule has 2 N–H and O–H groups in total. The zero-order chi connectivity index (χ0) is 17.7. The Kier molecular flexibility index (Phi) is 5.89. The average molecular weight is 370 g/mol. The zero-order valence-electron chi connectivity index (χ0n) is 12.5. The first kappa shape index (κ1) is 17.9. The minimum absolute atomic E-state index is 0.0120. The van der Waals surface area contributed by atoms with Crippen molar-refractivity contribution < 1.29 is 24.2 Å². The van der Waals surface area contributed by atoms with Gasteiger partial charge in [-0.1, -0.05) is 23.2 Å². The first-order valence-corrected chi connectivity index (χ1v) is 7.45. The molecule has 0 fully saturated rings. The summed E-state index contributed by atoms with van der Waals surface area (Å²) in [7, 11) is 1.48. The number of carbonyl (C=O) groups is 2. The molecule has 0 unspecified atom stereocenters. The predicted molar refractivity (Wildman–Crippen MR) is 90.5 cm³/mol. The fourth-order valence-corrected chi connectivity index (χ4v) is 2.30. The Morgan fingerprint density at radius 2 is 1.88 bits per heavy atom. The van der Waals surface area contributed by atoms with Crippen LogP contribution < -0.4 is 14.8 Å². The van der Waals surface area contributed by atoms with E-state index in [4.69, 9.17) is 37.8 Å². The third kappa shape index (κ3) is 4.53. The van der Waals surface area contributed by atoms with E-state index in [1.54, 1.807) is 12.1 Å². The van der Waals surface area contributed by atoms with Crippen molar-refractivity contribution in [2.24, 2.45) is 0 Å². The Hall–Kier alpha value is -2.44. The van der Waals surface area contributed by atoms with Crippen molar-refractivity contribution in [1.82, 2.24) is 0 Å². The number of halogens is 2. The van der Waals surface area contributed by atoms with E-state index in [-0.39, 0.29) is 17.9 Å². The fourth-order valence-electron chi connectivity index (χ4n) is 1.88. The van der Waals surface area contributed by atoms with Crippen LogP contribution in [-0.2, 0) is 4.79 Å². The minimum Gasteiger partial charge on any atom is -0.495 e. The van der Waals surface area contributed by atoms with Crippen LogP contribution in [-0.4, -0.2) is 30.7 Å². The number of aromatic carboxylic acids is 1. The van der Waals surface area contributed by atoms with E-state index in [1.165, 1.54) is 31.4 Å². The van der Waals surface area contributed by atoms with Crippen LogP contribution in [0.4, 0.5) is 5.69 Å². The van der Waals surface area contributed by atoms with E-state index in [0.29, 0.717) is 21.5 Å². The summed E-state index contributed by atoms with van der Waals surface area (Å²) in [5, 5.41) is 12.3. The standard InChI is InChI=1S/C16H13Cl2NO5/c1-23-13-5-3-10(7-12(13)18)19-15(20)8-24-14-6-9(17)2-4-11(14)16(21)22/h2-7H,8H2,1H3,(H,19,20)(H,21,22). The normalized spacial score (nSPS) is 10.1. The summed E-state index contributed by atoms with van der Waals surface area (Å²) < 4.78 is 10.3. The van der Waals surface area contributed by atoms with Gasteiger partial charge in [0.15, 0.2) is 6.61 Å². The van der Waals surface area contributed by atoms with Gasteiger partial charge < -0.3 is 19.9 Å². The molecule has 2 rings (SSSR count). The Morgan fingerprint density at radius 1 is 1.12 bits per heavy atom. The second kappa shape index (κ2) is 7.90. The van der Waals surface area contributed by atoms with Gasteiger partial charge in [-0.2, -0.15) is 0 Å². The molecule has 24 heavy (non-hydrogen) atoms. The molecular formula is C16H13Cl2NO5. The number of nitrogens with one attached hydrogen (secondary N) is 1. The highest BCUT2D eigenvalue weighted by atomic mass is 35.5. The third-order valence-electron chi connectivity index (χ3n) is 2.97. The van der Waals surface area contributed by atoms with Gasteiger partial charge in [0.2, 0.25) is 0 Å². The quantitative estimate of drug-likeness (QED) is 0.810. The number of anilines is 1. The number of ether oxygens (including phenoxy) is 2. The summed E-state index contributed by atoms with van der Waals surface area (Å²) in [5.41, 5.74) is 0.374. The third-order valence-corrected chi connectivity index (χ3v) is 3.50. The van der Waals surface area contributed by atoms with Crippen LogP contribution in [0.2, 0.25) is 10.0 Å². The number of methoxy groups -OCH3 is 1. The van der Waals surface area contributed by atoms with Crippen molar-refractivity contribution in [1.29, 1.82) is 0 Å². The molecule has 0 aliphatic heterocycles. The Morgan fingerprint density at radius 3 is 2.50 bits per heavy atom. The molecule has 0 heterocycles. The van der Waals surface area contributed by atoms with Crippen molar-refractivity contribution in [2.45, 2.75) is 0 Å². The van der Waals surface area contributed by atoms with Gasteiger partial charge in [0.25, 0.3) is 5.91 Å². The highest BCUT2D eigenvalue weighted by Gasteiger charge is 2.13. The van der Waals surface area contributed by atoms with Crippen molar-refractivity contribution in [3.8, 4) is 11.5 Å². The highest BCUT2D eigenvalue weighted by molar-refractivity contribution is 6.32. The first-order valence-electron chi connectivity index (χ1n) is 6.69. The van der Waals surface area contributed by atoms with E-state index in [9.17, 15) is 9.59 Å². The van der Waals surface area contributed by atoms with Crippen LogP contribution in [0.25, 0.3) is 0 Å². The molecule has 2 aromatic rings. The molecule has 0 atom stereocenters. The highest BCUT2D eigenvalue weighted by Crippen LogP contribution is 2.27. The number of hydrogen-bond acceptors (Lipinski definition) is 4. The number of hydrogen-bond donors (Lipinski definition) is 2. The van der Waals surface area contributed by atoms with Gasteiger partial charge in [0.05, 0.1) is 12.1 Å². The number of rotatable bonds is 6. The molecule has 0 aliphatic rings. The lowest BCUT2D eigenvalue weighted by molar-refractivity contribution is -0.118. The second-order valence-corrected chi connectivity index (χ2v) is 5.48. The van der Waals surface area contributed by atoms with Crippen LogP contribution in [0.1, 0.15) is 10.4 Å². The lowest BCUT2D eigenvalue weighted by atomic mass is 10.2. The topological polar surface area (TPSA) is 84.9 Å². The van der Waals surface area contributed by atoms with Gasteiger partial charge in [-0.25, -0.2) is 4.79 Å². The molecule has 8 heteroatoms. The fraction of sp³-hybridized carbons (Fsp3) is 0.125. The van der Waals surface area contributed by atoms with Crippen molar-refractivity contribution in [3.05, 3.63) is 52.0 Å². The molecule has 0 radical (unpaired) electrons. The summed E-state index contributed by atoms with van der Waals surface area (Å²) in [6, 6.07) is 8.82. The lowest BCUT2D eigenvalue weighted by Crippen LogP contribution is -2.20. The minimum atomic E-state index is -1.18. The van der Waals surface area contributed by atoms with Gasteiger partial charge in [0, 0.05) is 10.7 Å². The van der Waals surface area contributed by atoms with E-state index in [1.807, 2.05) is 0 Å². The number of amides is 1. The largest absolute Gasteiger partial charge is 0.495 e. The van der Waals surface area contributed by atoms with Gasteiger partial charge in [-0.05, 0) is 36.4 Å². The number of carbonyl (C=O) groups excluding carboxylic acids is 1. The van der Waals surface area contributed by atoms with E-state index < -0.39 is 11.9 Å². The molecule has 0 spiro atoms. The second-order valence-electron chi connectivity index (χ2n) is 4.63. The molecule has 126 valence electrons. The molecule has 2 aromatic carbocycles. The molecular weight excluding hydrogens is 357 g/mol. The molecule has 0 saturated heterocycles. The number of benzene rings is 2. The first-order chi connectivity index (χ1) is 11.4. The summed E-state index contributed by atoms with van der Waals surface area (Å²) in [6.07, 6.45) is 0. The van der Waals surface area contributed by atoms with Crippen LogP contribution in [0.3, 0.4) is 0 Å². The van der Waals surface area contributed by atoms with Crippen molar-refractivity contribution >= 4 is 40.8 Å². The number of carboxylic acids is 1. The maximum Gasteiger partial charge on any atom is 0.339 e. The summed E-state index contributed by atoms with van der Waals surface area (Å²) in [5.74, 6) is -1.16. The Bertz CT molecular complexity index is 779. The Labute approximate surface area is 147 Å². The molecule has 0 aromatic heterocycles. The van der Waals surface area contributed by atoms with Gasteiger partial charge in [-0.15, -0.1) is 0 Å². The van der Waals surface area contributed by atoms with Crippen LogP contribution in [0.5, 0.6) is 11.5 Å². The van der Waals surface area contributed by atoms with Crippen molar-refractivity contribution in [3.63, 3.8) is 0 Å². The van der Waals surface area contributed by atoms with Crippen LogP contribution >= 0.6 is 23.2 Å². The maximum atomic E-state index is 11.9. The molecule has 6 nitrogen and oxygen atoms in total. The van der Waals surface area contributed by atoms with E-state index >= 15 is 0 Å². The summed E-state index contributed by atoms with van der Waals surface area (Å²) >= 11 is 11.8. The van der Waals surface area contributed by atoms with Crippen LogP contribution in [0.15, 0.2) is 36.4 Å². The Balaban J connectivity index is 2.02. The van der Waals surface area contributed by atoms with Crippen LogP contribution in [0, 0.1) is 0 Å². The van der Waals surface area contributed by atoms with Gasteiger partial charge >= 0.3 is 5.97 Å². The monoisotopic (exact) mass is 369 g/mol. The molecule has 0 saturated carbocycles. The molecule has 0 aliphatic carbocycles. The van der Waals surface area contributed by atoms with E-state index in [2.05, 4.69) is 5.32 Å². The molecule has 0 bridgehead atoms. The predicted octanol–water partition coefficient (Wildman–Crippen LogP) is 3.72. The molecule has 1 amide bonds. The smallest absolute Gasteiger partial charge is 0.339 e. The van der Waals surface area contributed by atoms with Gasteiger partial charge in [0.1, 0.15) is 17.1 Å². The lowest BCUT2D eigenvalue weighted by Gasteiger charge is -2.11. The summed E-state index contributed by atoms with van der Waals surface area (Å²) in [6.45, 7) is -0.385. The van der Waals surface area contributed by atoms with Crippen molar-refractivity contribution in [2.75, 3.05) is 19.0 Å². The van der Waals surface area contributed by atoms with Gasteiger partial charge in [-0.3, -0.25) is 4.79 Å². The average Bonchev–Trinajstić information content (AvgIpc) is 2.53. The maximum absolute atomic E-state index is 11.9. The number of carboxylic acid groups (broad SMARTS) is 1. The SMILES string of the molecule is COc1ccc(NC(=O)COc2cc(Cl)ccc2C(=O)O)cc1Cl. The summed E-state index contributed by atoms with van der Waals surface area (Å²) in [4.78, 5) is 23.0. The van der Waals surface area contributed by atoms with E-state index in [0.717, 1.165) is 0 Å². The zero-order valence-corrected chi connectivity index (χ0v) is 14.0.